The first kappa shape index (κ1) is 16.7. The Morgan fingerprint density at radius 3 is 2.57 bits per heavy atom. The van der Waals surface area contributed by atoms with Gasteiger partial charge in [0.1, 0.15) is 5.75 Å². The molecule has 0 heterocycles. The molecule has 1 aromatic carbocycles. The summed E-state index contributed by atoms with van der Waals surface area (Å²) >= 11 is 3.49. The van der Waals surface area contributed by atoms with Gasteiger partial charge in [-0.1, -0.05) is 6.07 Å². The fourth-order valence-electron chi connectivity index (χ4n) is 3.06. The van der Waals surface area contributed by atoms with Crippen LogP contribution in [-0.4, -0.2) is 26.1 Å². The molecule has 1 saturated carbocycles. The molecule has 0 aliphatic heterocycles. The lowest BCUT2D eigenvalue weighted by Gasteiger charge is -2.33. The average Bonchev–Trinajstić information content (AvgIpc) is 2.45. The zero-order valence-electron chi connectivity index (χ0n) is 12.5. The number of ether oxygens (including phenoxy) is 1. The van der Waals surface area contributed by atoms with Crippen LogP contribution in [0.4, 0.5) is 8.78 Å². The van der Waals surface area contributed by atoms with E-state index in [1.165, 1.54) is 5.56 Å². The van der Waals surface area contributed by atoms with Crippen molar-refractivity contribution in [3.05, 3.63) is 28.2 Å². The van der Waals surface area contributed by atoms with Crippen LogP contribution in [0.2, 0.25) is 0 Å². The van der Waals surface area contributed by atoms with Gasteiger partial charge in [-0.25, -0.2) is 8.78 Å². The maximum Gasteiger partial charge on any atom is 0.248 e. The second kappa shape index (κ2) is 7.05. The van der Waals surface area contributed by atoms with Crippen molar-refractivity contribution in [2.45, 2.75) is 44.1 Å². The molecule has 0 bridgehead atoms. The van der Waals surface area contributed by atoms with Gasteiger partial charge in [0.15, 0.2) is 0 Å². The van der Waals surface area contributed by atoms with E-state index in [2.05, 4.69) is 21.2 Å². The molecule has 2 rings (SSSR count). The Balaban J connectivity index is 2.01. The molecule has 1 atom stereocenters. The van der Waals surface area contributed by atoms with Gasteiger partial charge in [-0.3, -0.25) is 0 Å². The summed E-state index contributed by atoms with van der Waals surface area (Å²) in [4.78, 5) is 0. The molecule has 5 heteroatoms. The van der Waals surface area contributed by atoms with Crippen LogP contribution in [0.3, 0.4) is 0 Å². The van der Waals surface area contributed by atoms with Crippen LogP contribution in [0.1, 0.15) is 31.2 Å². The molecule has 0 saturated heterocycles. The van der Waals surface area contributed by atoms with Crippen molar-refractivity contribution in [2.75, 3.05) is 14.2 Å². The molecule has 0 aromatic heterocycles. The third-order valence-electron chi connectivity index (χ3n) is 4.37. The van der Waals surface area contributed by atoms with Crippen LogP contribution in [0, 0.1) is 5.92 Å². The van der Waals surface area contributed by atoms with Gasteiger partial charge >= 0.3 is 0 Å². The maximum atomic E-state index is 13.3. The lowest BCUT2D eigenvalue weighted by Crippen LogP contribution is -2.39. The number of halogens is 3. The summed E-state index contributed by atoms with van der Waals surface area (Å²) in [6.07, 6.45) is 2.06. The molecule has 1 N–H and O–H groups in total. The zero-order chi connectivity index (χ0) is 15.5. The summed E-state index contributed by atoms with van der Waals surface area (Å²) in [5.41, 5.74) is 1.18. The summed E-state index contributed by atoms with van der Waals surface area (Å²) in [7, 11) is 3.55. The Kier molecular flexibility index (Phi) is 5.60. The summed E-state index contributed by atoms with van der Waals surface area (Å²) < 4.78 is 32.7. The van der Waals surface area contributed by atoms with Crippen molar-refractivity contribution in [2.24, 2.45) is 5.92 Å². The van der Waals surface area contributed by atoms with Crippen molar-refractivity contribution >= 4 is 15.9 Å². The summed E-state index contributed by atoms with van der Waals surface area (Å²) in [6, 6.07) is 6.24. The van der Waals surface area contributed by atoms with Crippen LogP contribution in [-0.2, 0) is 6.42 Å². The number of hydrogen-bond acceptors (Lipinski definition) is 2. The van der Waals surface area contributed by atoms with Crippen LogP contribution in [0.5, 0.6) is 5.75 Å². The minimum absolute atomic E-state index is 0.0160. The minimum Gasteiger partial charge on any atom is -0.496 e. The summed E-state index contributed by atoms with van der Waals surface area (Å²) in [5.74, 6) is -1.34. The predicted molar refractivity (Wildman–Crippen MR) is 84.2 cm³/mol. The SMILES string of the molecule is CNC(Cc1ccc(OC)c(Br)c1)C1CCC(F)(F)CC1. The van der Waals surface area contributed by atoms with E-state index >= 15 is 0 Å². The van der Waals surface area contributed by atoms with Crippen molar-refractivity contribution < 1.29 is 13.5 Å². The first-order chi connectivity index (χ1) is 9.95. The maximum absolute atomic E-state index is 13.3. The van der Waals surface area contributed by atoms with Gasteiger partial charge in [-0.2, -0.15) is 0 Å². The molecule has 118 valence electrons. The normalized spacial score (nSPS) is 20.2. The number of methoxy groups -OCH3 is 1. The second-order valence-electron chi connectivity index (χ2n) is 5.76. The first-order valence-electron chi connectivity index (χ1n) is 7.32. The number of nitrogens with one attached hydrogen (secondary N) is 1. The monoisotopic (exact) mass is 361 g/mol. The first-order valence-corrected chi connectivity index (χ1v) is 8.12. The molecule has 1 aliphatic carbocycles. The molecule has 1 fully saturated rings. The highest BCUT2D eigenvalue weighted by molar-refractivity contribution is 9.10. The van der Waals surface area contributed by atoms with E-state index in [4.69, 9.17) is 4.74 Å². The fourth-order valence-corrected chi connectivity index (χ4v) is 3.65. The molecule has 1 aliphatic rings. The van der Waals surface area contributed by atoms with Crippen molar-refractivity contribution in [3.63, 3.8) is 0 Å². The Morgan fingerprint density at radius 2 is 2.05 bits per heavy atom. The van der Waals surface area contributed by atoms with Crippen molar-refractivity contribution in [1.29, 1.82) is 0 Å². The highest BCUT2D eigenvalue weighted by Crippen LogP contribution is 2.38. The van der Waals surface area contributed by atoms with Crippen LogP contribution in [0.15, 0.2) is 22.7 Å². The number of alkyl halides is 2. The number of hydrogen-bond donors (Lipinski definition) is 1. The third-order valence-corrected chi connectivity index (χ3v) is 4.99. The number of benzene rings is 1. The topological polar surface area (TPSA) is 21.3 Å². The van der Waals surface area contributed by atoms with E-state index in [9.17, 15) is 8.78 Å². The van der Waals surface area contributed by atoms with Crippen molar-refractivity contribution in [1.82, 2.24) is 5.32 Å². The Morgan fingerprint density at radius 1 is 1.38 bits per heavy atom. The molecular weight excluding hydrogens is 340 g/mol. The molecular formula is C16H22BrF2NO. The van der Waals surface area contributed by atoms with E-state index in [0.29, 0.717) is 18.8 Å². The Hall–Kier alpha value is -0.680. The van der Waals surface area contributed by atoms with Gasteiger partial charge in [0, 0.05) is 18.9 Å². The number of rotatable bonds is 5. The highest BCUT2D eigenvalue weighted by atomic mass is 79.9. The molecule has 0 spiro atoms. The second-order valence-corrected chi connectivity index (χ2v) is 6.62. The van der Waals surface area contributed by atoms with E-state index in [1.807, 2.05) is 25.2 Å². The summed E-state index contributed by atoms with van der Waals surface area (Å²) in [6.45, 7) is 0. The van der Waals surface area contributed by atoms with Crippen LogP contribution < -0.4 is 10.1 Å². The lowest BCUT2D eigenvalue weighted by molar-refractivity contribution is -0.0492. The van der Waals surface area contributed by atoms with Crippen LogP contribution >= 0.6 is 15.9 Å². The van der Waals surface area contributed by atoms with Gasteiger partial charge in [0.05, 0.1) is 11.6 Å². The van der Waals surface area contributed by atoms with E-state index < -0.39 is 5.92 Å². The Labute approximate surface area is 133 Å². The number of likely N-dealkylation sites (N-methyl/N-ethyl adjacent to an activating group) is 1. The van der Waals surface area contributed by atoms with E-state index in [0.717, 1.165) is 16.6 Å². The minimum atomic E-state index is -2.46. The Bertz CT molecular complexity index is 471. The fraction of sp³-hybridized carbons (Fsp3) is 0.625. The van der Waals surface area contributed by atoms with Gasteiger partial charge < -0.3 is 10.1 Å². The zero-order valence-corrected chi connectivity index (χ0v) is 14.1. The molecule has 0 amide bonds. The van der Waals surface area contributed by atoms with Gasteiger partial charge in [-0.15, -0.1) is 0 Å². The smallest absolute Gasteiger partial charge is 0.248 e. The average molecular weight is 362 g/mol. The summed E-state index contributed by atoms with van der Waals surface area (Å²) in [5, 5.41) is 3.30. The molecule has 2 nitrogen and oxygen atoms in total. The van der Waals surface area contributed by atoms with E-state index in [1.54, 1.807) is 7.11 Å². The van der Waals surface area contributed by atoms with Gasteiger partial charge in [-0.05, 0) is 65.9 Å². The predicted octanol–water partition coefficient (Wildman–Crippen LogP) is 4.41. The highest BCUT2D eigenvalue weighted by Gasteiger charge is 2.37. The molecule has 0 radical (unpaired) electrons. The van der Waals surface area contributed by atoms with Crippen LogP contribution in [0.25, 0.3) is 0 Å². The largest absolute Gasteiger partial charge is 0.496 e. The standard InChI is InChI=1S/C16H22BrF2NO/c1-20-14(12-5-7-16(18,19)8-6-12)10-11-3-4-15(21-2)13(17)9-11/h3-4,9,12,14,20H,5-8,10H2,1-2H3. The van der Waals surface area contributed by atoms with E-state index in [-0.39, 0.29) is 18.9 Å². The lowest BCUT2D eigenvalue weighted by atomic mass is 9.80. The molecule has 21 heavy (non-hydrogen) atoms. The quantitative estimate of drug-likeness (QED) is 0.838. The van der Waals surface area contributed by atoms with Crippen molar-refractivity contribution in [3.8, 4) is 5.75 Å². The molecule has 1 unspecified atom stereocenters. The molecule has 1 aromatic rings. The van der Waals surface area contributed by atoms with Gasteiger partial charge in [0.2, 0.25) is 5.92 Å². The third kappa shape index (κ3) is 4.39. The van der Waals surface area contributed by atoms with Gasteiger partial charge in [0.25, 0.3) is 0 Å².